The molecule has 2 aromatic carbocycles. The smallest absolute Gasteiger partial charge is 0.253 e. The van der Waals surface area contributed by atoms with Crippen molar-refractivity contribution in [3.63, 3.8) is 0 Å². The van der Waals surface area contributed by atoms with Crippen LogP contribution in [0, 0.1) is 12.7 Å². The van der Waals surface area contributed by atoms with Gasteiger partial charge in [-0.05, 0) is 49.6 Å². The summed E-state index contributed by atoms with van der Waals surface area (Å²) in [5, 5.41) is 4.00. The largest absolute Gasteiger partial charge is 0.352 e. The molecule has 0 saturated carbocycles. The van der Waals surface area contributed by atoms with E-state index in [-0.39, 0.29) is 11.7 Å². The molecule has 3 nitrogen and oxygen atoms in total. The number of hydrogen-bond acceptors (Lipinski definition) is 1. The van der Waals surface area contributed by atoms with Gasteiger partial charge in [0.15, 0.2) is 0 Å². The number of amides is 1. The second kappa shape index (κ2) is 5.78. The van der Waals surface area contributed by atoms with E-state index in [9.17, 15) is 9.18 Å². The quantitative estimate of drug-likeness (QED) is 0.765. The fourth-order valence-corrected chi connectivity index (χ4v) is 3.53. The van der Waals surface area contributed by atoms with E-state index in [1.807, 2.05) is 6.92 Å². The van der Waals surface area contributed by atoms with E-state index >= 15 is 0 Å². The summed E-state index contributed by atoms with van der Waals surface area (Å²) >= 11 is 0. The molecule has 3 aromatic rings. The van der Waals surface area contributed by atoms with E-state index in [1.54, 1.807) is 12.1 Å². The number of aromatic nitrogens is 1. The van der Waals surface area contributed by atoms with Crippen LogP contribution in [-0.4, -0.2) is 17.0 Å². The van der Waals surface area contributed by atoms with E-state index < -0.39 is 0 Å². The summed E-state index contributed by atoms with van der Waals surface area (Å²) in [7, 11) is 0. The molecule has 0 saturated heterocycles. The third-order valence-corrected chi connectivity index (χ3v) is 4.68. The van der Waals surface area contributed by atoms with E-state index in [0.717, 1.165) is 46.1 Å². The van der Waals surface area contributed by atoms with Gasteiger partial charge in [0, 0.05) is 29.7 Å². The molecule has 1 aliphatic heterocycles. The van der Waals surface area contributed by atoms with E-state index in [2.05, 4.69) is 28.1 Å². The minimum Gasteiger partial charge on any atom is -0.352 e. The lowest BCUT2D eigenvalue weighted by Crippen LogP contribution is -2.22. The van der Waals surface area contributed by atoms with Gasteiger partial charge >= 0.3 is 0 Å². The molecule has 24 heavy (non-hydrogen) atoms. The predicted octanol–water partition coefficient (Wildman–Crippen LogP) is 3.81. The van der Waals surface area contributed by atoms with Crippen molar-refractivity contribution in [3.8, 4) is 0 Å². The average Bonchev–Trinajstić information content (AvgIpc) is 2.72. The topological polar surface area (TPSA) is 34.0 Å². The molecule has 0 atom stereocenters. The van der Waals surface area contributed by atoms with E-state index in [4.69, 9.17) is 0 Å². The molecule has 4 heteroatoms. The maximum atomic E-state index is 13.2. The van der Waals surface area contributed by atoms with Gasteiger partial charge in [0.05, 0.1) is 5.56 Å². The Morgan fingerprint density at radius 2 is 1.96 bits per heavy atom. The Labute approximate surface area is 140 Å². The summed E-state index contributed by atoms with van der Waals surface area (Å²) < 4.78 is 15.4. The van der Waals surface area contributed by atoms with Crippen molar-refractivity contribution in [2.45, 2.75) is 26.3 Å². The van der Waals surface area contributed by atoms with Crippen LogP contribution in [0.15, 0.2) is 42.5 Å². The van der Waals surface area contributed by atoms with Gasteiger partial charge in [-0.3, -0.25) is 4.79 Å². The standard InChI is InChI=1S/C20H19FN2O/c1-13-4-9-17-16(11-13)19-18(3-2-10-22-20(19)24)23(17)12-14-5-7-15(21)8-6-14/h4-9,11H,2-3,10,12H2,1H3,(H,22,24). The number of rotatable bonds is 2. The van der Waals surface area contributed by atoms with Crippen molar-refractivity contribution >= 4 is 16.8 Å². The van der Waals surface area contributed by atoms with Crippen LogP contribution in [0.5, 0.6) is 0 Å². The molecule has 0 spiro atoms. The minimum atomic E-state index is -0.232. The molecule has 0 radical (unpaired) electrons. The van der Waals surface area contributed by atoms with Gasteiger partial charge in [-0.2, -0.15) is 0 Å². The number of aryl methyl sites for hydroxylation is 1. The van der Waals surface area contributed by atoms with Crippen LogP contribution in [0.3, 0.4) is 0 Å². The van der Waals surface area contributed by atoms with Crippen molar-refractivity contribution in [1.82, 2.24) is 9.88 Å². The third-order valence-electron chi connectivity index (χ3n) is 4.68. The van der Waals surface area contributed by atoms with Crippen molar-refractivity contribution in [1.29, 1.82) is 0 Å². The van der Waals surface area contributed by atoms with Crippen LogP contribution in [0.1, 0.15) is 33.6 Å². The van der Waals surface area contributed by atoms with Gasteiger partial charge in [0.2, 0.25) is 0 Å². The van der Waals surface area contributed by atoms with Gasteiger partial charge < -0.3 is 9.88 Å². The number of carbonyl (C=O) groups is 1. The Morgan fingerprint density at radius 3 is 2.75 bits per heavy atom. The van der Waals surface area contributed by atoms with Crippen LogP contribution in [-0.2, 0) is 13.0 Å². The summed E-state index contributed by atoms with van der Waals surface area (Å²) in [5.74, 6) is -0.221. The highest BCUT2D eigenvalue weighted by atomic mass is 19.1. The Morgan fingerprint density at radius 1 is 1.17 bits per heavy atom. The number of carbonyl (C=O) groups excluding carboxylic acids is 1. The monoisotopic (exact) mass is 322 g/mol. The normalized spacial score (nSPS) is 14.3. The number of hydrogen-bond donors (Lipinski definition) is 1. The molecular weight excluding hydrogens is 303 g/mol. The first kappa shape index (κ1) is 14.9. The highest BCUT2D eigenvalue weighted by Crippen LogP contribution is 2.30. The summed E-state index contributed by atoms with van der Waals surface area (Å²) in [6.07, 6.45) is 1.79. The summed E-state index contributed by atoms with van der Waals surface area (Å²) in [4.78, 5) is 12.6. The molecule has 1 amide bonds. The molecule has 0 fully saturated rings. The Bertz CT molecular complexity index is 925. The van der Waals surface area contributed by atoms with Crippen LogP contribution in [0.4, 0.5) is 4.39 Å². The van der Waals surface area contributed by atoms with Crippen molar-refractivity contribution < 1.29 is 9.18 Å². The molecule has 122 valence electrons. The van der Waals surface area contributed by atoms with Crippen molar-refractivity contribution in [3.05, 3.63) is 70.7 Å². The van der Waals surface area contributed by atoms with Gasteiger partial charge in [-0.1, -0.05) is 23.8 Å². The maximum Gasteiger partial charge on any atom is 0.253 e. The number of fused-ring (bicyclic) bond motifs is 3. The Balaban J connectivity index is 1.92. The van der Waals surface area contributed by atoms with Crippen molar-refractivity contribution in [2.24, 2.45) is 0 Å². The lowest BCUT2D eigenvalue weighted by molar-refractivity contribution is 0.0957. The third kappa shape index (κ3) is 2.48. The second-order valence-corrected chi connectivity index (χ2v) is 6.41. The van der Waals surface area contributed by atoms with E-state index in [1.165, 1.54) is 12.1 Å². The lowest BCUT2D eigenvalue weighted by Gasteiger charge is -2.11. The molecule has 0 unspecified atom stereocenters. The highest BCUT2D eigenvalue weighted by Gasteiger charge is 2.24. The maximum absolute atomic E-state index is 13.2. The number of nitrogens with one attached hydrogen (secondary N) is 1. The molecule has 2 heterocycles. The molecular formula is C20H19FN2O. The van der Waals surface area contributed by atoms with Crippen molar-refractivity contribution in [2.75, 3.05) is 6.54 Å². The Kier molecular flexibility index (Phi) is 3.60. The molecule has 0 aliphatic carbocycles. The second-order valence-electron chi connectivity index (χ2n) is 6.41. The zero-order valence-corrected chi connectivity index (χ0v) is 13.6. The number of benzene rings is 2. The van der Waals surface area contributed by atoms with Crippen LogP contribution >= 0.6 is 0 Å². The summed E-state index contributed by atoms with van der Waals surface area (Å²) in [6, 6.07) is 12.8. The van der Waals surface area contributed by atoms with Gasteiger partial charge in [0.1, 0.15) is 5.82 Å². The zero-order chi connectivity index (χ0) is 16.7. The molecule has 1 N–H and O–H groups in total. The first-order valence-electron chi connectivity index (χ1n) is 8.28. The SMILES string of the molecule is Cc1ccc2c(c1)c1c(n2Cc2ccc(F)cc2)CCCNC1=O. The van der Waals surface area contributed by atoms with Crippen LogP contribution < -0.4 is 5.32 Å². The first-order valence-corrected chi connectivity index (χ1v) is 8.28. The Hall–Kier alpha value is -2.62. The molecule has 4 rings (SSSR count). The average molecular weight is 322 g/mol. The fourth-order valence-electron chi connectivity index (χ4n) is 3.53. The summed E-state index contributed by atoms with van der Waals surface area (Å²) in [5.41, 5.74) is 5.11. The zero-order valence-electron chi connectivity index (χ0n) is 13.6. The lowest BCUT2D eigenvalue weighted by atomic mass is 10.1. The molecule has 1 aliphatic rings. The first-order chi connectivity index (χ1) is 11.6. The summed E-state index contributed by atoms with van der Waals surface area (Å²) in [6.45, 7) is 3.39. The van der Waals surface area contributed by atoms with Gasteiger partial charge in [-0.25, -0.2) is 4.39 Å². The van der Waals surface area contributed by atoms with Gasteiger partial charge in [-0.15, -0.1) is 0 Å². The van der Waals surface area contributed by atoms with Gasteiger partial charge in [0.25, 0.3) is 5.91 Å². The molecule has 0 bridgehead atoms. The molecule has 1 aromatic heterocycles. The fraction of sp³-hybridized carbons (Fsp3) is 0.250. The number of halogens is 1. The minimum absolute atomic E-state index is 0.0101. The highest BCUT2D eigenvalue weighted by molar-refractivity contribution is 6.09. The predicted molar refractivity (Wildman–Crippen MR) is 92.8 cm³/mol. The van der Waals surface area contributed by atoms with E-state index in [0.29, 0.717) is 13.1 Å². The van der Waals surface area contributed by atoms with Crippen LogP contribution in [0.2, 0.25) is 0 Å². The number of nitrogens with zero attached hydrogens (tertiary/aromatic N) is 1. The van der Waals surface area contributed by atoms with Crippen LogP contribution in [0.25, 0.3) is 10.9 Å².